The van der Waals surface area contributed by atoms with Gasteiger partial charge in [0.15, 0.2) is 0 Å². The Morgan fingerprint density at radius 1 is 1.25 bits per heavy atom. The first-order chi connectivity index (χ1) is 11.7. The molecule has 1 saturated heterocycles. The summed E-state index contributed by atoms with van der Waals surface area (Å²) in [4.78, 5) is 16.8. The monoisotopic (exact) mass is 333 g/mol. The summed E-state index contributed by atoms with van der Waals surface area (Å²) in [5.74, 6) is 1.17. The normalized spacial score (nSPS) is 21.2. The van der Waals surface area contributed by atoms with Crippen LogP contribution in [-0.4, -0.2) is 37.9 Å². The molecule has 0 bridgehead atoms. The Morgan fingerprint density at radius 2 is 2.00 bits per heavy atom. The number of methoxy groups -OCH3 is 1. The van der Waals surface area contributed by atoms with Crippen molar-refractivity contribution in [1.29, 1.82) is 0 Å². The zero-order valence-electron chi connectivity index (χ0n) is 14.5. The van der Waals surface area contributed by atoms with Gasteiger partial charge in [-0.05, 0) is 43.2 Å². The predicted octanol–water partition coefficient (Wildman–Crippen LogP) is 3.26. The minimum Gasteiger partial charge on any atom is -0.492 e. The Labute approximate surface area is 143 Å². The van der Waals surface area contributed by atoms with Crippen LogP contribution in [0.3, 0.4) is 0 Å². The number of carbonyl (C=O) groups excluding carboxylic acids is 1. The van der Waals surface area contributed by atoms with Gasteiger partial charge in [0.1, 0.15) is 5.75 Å². The van der Waals surface area contributed by atoms with Gasteiger partial charge in [0.05, 0.1) is 25.3 Å². The molecular formula is C19H27NO4. The van der Waals surface area contributed by atoms with E-state index < -0.39 is 5.41 Å². The zero-order valence-corrected chi connectivity index (χ0v) is 14.5. The van der Waals surface area contributed by atoms with Gasteiger partial charge in [-0.1, -0.05) is 19.3 Å². The summed E-state index contributed by atoms with van der Waals surface area (Å²) in [7, 11) is 1.44. The molecule has 0 radical (unpaired) electrons. The van der Waals surface area contributed by atoms with E-state index >= 15 is 0 Å². The maximum atomic E-state index is 12.5. The van der Waals surface area contributed by atoms with E-state index in [9.17, 15) is 4.79 Å². The molecule has 0 N–H and O–H groups in total. The topological polar surface area (TPSA) is 57.7 Å². The van der Waals surface area contributed by atoms with Crippen molar-refractivity contribution in [1.82, 2.24) is 4.98 Å². The van der Waals surface area contributed by atoms with E-state index in [0.717, 1.165) is 17.9 Å². The van der Waals surface area contributed by atoms with Crippen LogP contribution in [0.4, 0.5) is 0 Å². The second kappa shape index (κ2) is 7.97. The molecule has 1 aromatic rings. The molecule has 0 unspecified atom stereocenters. The van der Waals surface area contributed by atoms with Gasteiger partial charge in [-0.3, -0.25) is 9.78 Å². The number of aromatic nitrogens is 1. The first kappa shape index (κ1) is 17.2. The fourth-order valence-electron chi connectivity index (χ4n) is 3.85. The van der Waals surface area contributed by atoms with E-state index in [1.54, 1.807) is 12.4 Å². The lowest BCUT2D eigenvalue weighted by molar-refractivity contribution is -0.151. The lowest BCUT2D eigenvalue weighted by Gasteiger charge is -2.34. The molecule has 1 aliphatic heterocycles. The van der Waals surface area contributed by atoms with Crippen molar-refractivity contribution >= 4 is 5.97 Å². The van der Waals surface area contributed by atoms with Crippen molar-refractivity contribution in [2.45, 2.75) is 50.4 Å². The van der Waals surface area contributed by atoms with E-state index in [2.05, 4.69) is 4.98 Å². The summed E-state index contributed by atoms with van der Waals surface area (Å²) in [6.07, 6.45) is 11.2. The van der Waals surface area contributed by atoms with E-state index in [0.29, 0.717) is 32.0 Å². The van der Waals surface area contributed by atoms with Crippen LogP contribution in [0.5, 0.6) is 5.75 Å². The lowest BCUT2D eigenvalue weighted by atomic mass is 9.75. The Balaban J connectivity index is 1.73. The Hall–Kier alpha value is -1.62. The molecule has 1 aromatic heterocycles. The van der Waals surface area contributed by atoms with E-state index in [4.69, 9.17) is 14.2 Å². The summed E-state index contributed by atoms with van der Waals surface area (Å²) < 4.78 is 16.5. The van der Waals surface area contributed by atoms with Gasteiger partial charge >= 0.3 is 5.97 Å². The molecule has 2 heterocycles. The van der Waals surface area contributed by atoms with Crippen molar-refractivity contribution < 1.29 is 19.0 Å². The highest BCUT2D eigenvalue weighted by Gasteiger charge is 2.43. The van der Waals surface area contributed by atoms with E-state index in [-0.39, 0.29) is 5.97 Å². The number of nitrogens with zero attached hydrogens (tertiary/aromatic N) is 1. The van der Waals surface area contributed by atoms with Crippen LogP contribution in [0.2, 0.25) is 0 Å². The SMILES string of the molecule is COC(=O)C1(c2cncc(OCC3CCCCC3)c2)CCOCC1. The molecule has 1 saturated carbocycles. The van der Waals surface area contributed by atoms with Gasteiger partial charge in [-0.2, -0.15) is 0 Å². The van der Waals surface area contributed by atoms with Crippen LogP contribution in [0.1, 0.15) is 50.5 Å². The number of ether oxygens (including phenoxy) is 3. The Kier molecular flexibility index (Phi) is 5.72. The summed E-state index contributed by atoms with van der Waals surface area (Å²) in [6.45, 7) is 1.85. The Bertz CT molecular complexity index is 548. The van der Waals surface area contributed by atoms with Crippen molar-refractivity contribution in [3.63, 3.8) is 0 Å². The third-order valence-electron chi connectivity index (χ3n) is 5.40. The molecule has 0 atom stereocenters. The molecular weight excluding hydrogens is 306 g/mol. The molecule has 2 aliphatic rings. The number of rotatable bonds is 5. The summed E-state index contributed by atoms with van der Waals surface area (Å²) in [5, 5.41) is 0. The molecule has 1 aliphatic carbocycles. The second-order valence-electron chi connectivity index (χ2n) is 6.91. The van der Waals surface area contributed by atoms with Crippen LogP contribution in [0.25, 0.3) is 0 Å². The maximum Gasteiger partial charge on any atom is 0.316 e. The quantitative estimate of drug-likeness (QED) is 0.774. The van der Waals surface area contributed by atoms with Crippen LogP contribution < -0.4 is 4.74 Å². The molecule has 5 nitrogen and oxygen atoms in total. The zero-order chi connectivity index (χ0) is 16.8. The van der Waals surface area contributed by atoms with Crippen molar-refractivity contribution in [3.8, 4) is 5.75 Å². The largest absolute Gasteiger partial charge is 0.492 e. The van der Waals surface area contributed by atoms with Crippen molar-refractivity contribution in [2.75, 3.05) is 26.9 Å². The third kappa shape index (κ3) is 3.72. The van der Waals surface area contributed by atoms with Gasteiger partial charge in [0, 0.05) is 19.4 Å². The number of hydrogen-bond donors (Lipinski definition) is 0. The fourth-order valence-corrected chi connectivity index (χ4v) is 3.85. The Morgan fingerprint density at radius 3 is 2.71 bits per heavy atom. The highest BCUT2D eigenvalue weighted by atomic mass is 16.5. The number of pyridine rings is 1. The van der Waals surface area contributed by atoms with E-state index in [1.807, 2.05) is 6.07 Å². The molecule has 3 rings (SSSR count). The van der Waals surface area contributed by atoms with Crippen LogP contribution in [0.15, 0.2) is 18.5 Å². The highest BCUT2D eigenvalue weighted by Crippen LogP contribution is 2.37. The minimum atomic E-state index is -0.662. The average molecular weight is 333 g/mol. The summed E-state index contributed by atoms with van der Waals surface area (Å²) in [6, 6.07) is 1.96. The molecule has 0 spiro atoms. The maximum absolute atomic E-state index is 12.5. The standard InChI is InChI=1S/C19H27NO4/c1-22-18(21)19(7-9-23-10-8-19)16-11-17(13-20-12-16)24-14-15-5-3-2-4-6-15/h11-13,15H,2-10,14H2,1H3. The first-order valence-electron chi connectivity index (χ1n) is 8.99. The summed E-state index contributed by atoms with van der Waals surface area (Å²) in [5.41, 5.74) is 0.211. The van der Waals surface area contributed by atoms with Gasteiger partial charge in [0.25, 0.3) is 0 Å². The number of hydrogen-bond acceptors (Lipinski definition) is 5. The van der Waals surface area contributed by atoms with Crippen LogP contribution in [0, 0.1) is 5.92 Å². The van der Waals surface area contributed by atoms with Crippen molar-refractivity contribution in [3.05, 3.63) is 24.0 Å². The molecule has 0 amide bonds. The molecule has 132 valence electrons. The van der Waals surface area contributed by atoms with Crippen molar-refractivity contribution in [2.24, 2.45) is 5.92 Å². The van der Waals surface area contributed by atoms with Gasteiger partial charge in [-0.15, -0.1) is 0 Å². The van der Waals surface area contributed by atoms with Gasteiger partial charge < -0.3 is 14.2 Å². The average Bonchev–Trinajstić information content (AvgIpc) is 2.67. The second-order valence-corrected chi connectivity index (χ2v) is 6.91. The first-order valence-corrected chi connectivity index (χ1v) is 8.99. The third-order valence-corrected chi connectivity index (χ3v) is 5.40. The molecule has 0 aromatic carbocycles. The highest BCUT2D eigenvalue weighted by molar-refractivity contribution is 5.83. The van der Waals surface area contributed by atoms with Gasteiger partial charge in [-0.25, -0.2) is 0 Å². The smallest absolute Gasteiger partial charge is 0.316 e. The number of esters is 1. The van der Waals surface area contributed by atoms with Crippen LogP contribution in [-0.2, 0) is 19.7 Å². The summed E-state index contributed by atoms with van der Waals surface area (Å²) >= 11 is 0. The number of carbonyl (C=O) groups is 1. The lowest BCUT2D eigenvalue weighted by Crippen LogP contribution is -2.42. The molecule has 5 heteroatoms. The predicted molar refractivity (Wildman–Crippen MR) is 90.1 cm³/mol. The van der Waals surface area contributed by atoms with Crippen LogP contribution >= 0.6 is 0 Å². The van der Waals surface area contributed by atoms with Gasteiger partial charge in [0.2, 0.25) is 0 Å². The molecule has 2 fully saturated rings. The van der Waals surface area contributed by atoms with E-state index in [1.165, 1.54) is 39.2 Å². The minimum absolute atomic E-state index is 0.211. The molecule has 24 heavy (non-hydrogen) atoms. The fraction of sp³-hybridized carbons (Fsp3) is 0.684.